The molecule has 0 spiro atoms. The van der Waals surface area contributed by atoms with Gasteiger partial charge in [-0.05, 0) is 20.8 Å². The van der Waals surface area contributed by atoms with E-state index in [4.69, 9.17) is 29.9 Å². The summed E-state index contributed by atoms with van der Waals surface area (Å²) in [6, 6.07) is 0. The highest BCUT2D eigenvalue weighted by Gasteiger charge is 2.06. The average molecular weight is 336 g/mol. The van der Waals surface area contributed by atoms with Gasteiger partial charge in [0.25, 0.3) is 0 Å². The molecule has 0 amide bonds. The highest BCUT2D eigenvalue weighted by molar-refractivity contribution is 5.79. The van der Waals surface area contributed by atoms with Crippen LogP contribution >= 0.6 is 0 Å². The minimum atomic E-state index is -0.981. The molecular weight excluding hydrogens is 308 g/mol. The van der Waals surface area contributed by atoms with Crippen LogP contribution in [0.25, 0.3) is 0 Å². The molecule has 0 rings (SSSR count). The van der Waals surface area contributed by atoms with Gasteiger partial charge in [0.1, 0.15) is 0 Å². The Bertz CT molecular complexity index is 309. The molecule has 0 aliphatic carbocycles. The summed E-state index contributed by atoms with van der Waals surface area (Å²) < 4.78 is 10.5. The number of ether oxygens (including phenoxy) is 2. The van der Waals surface area contributed by atoms with Crippen molar-refractivity contribution in [3.63, 3.8) is 0 Å². The highest BCUT2D eigenvalue weighted by atomic mass is 16.5. The summed E-state index contributed by atoms with van der Waals surface area (Å²) >= 11 is 0. The van der Waals surface area contributed by atoms with E-state index in [0.717, 1.165) is 12.2 Å². The lowest BCUT2D eigenvalue weighted by molar-refractivity contribution is -0.132. The number of aliphatic hydroxyl groups excluding tert-OH is 2. The third kappa shape index (κ3) is 33.2. The molecule has 0 fully saturated rings. The number of carboxylic acids is 2. The first-order valence-corrected chi connectivity index (χ1v) is 6.83. The molecule has 0 heterocycles. The summed E-state index contributed by atoms with van der Waals surface area (Å²) in [5.41, 5.74) is 0. The van der Waals surface area contributed by atoms with Gasteiger partial charge in [0.2, 0.25) is 0 Å². The summed E-state index contributed by atoms with van der Waals surface area (Å²) in [7, 11) is 0. The molecule has 8 heteroatoms. The molecule has 8 nitrogen and oxygen atoms in total. The van der Waals surface area contributed by atoms with Crippen LogP contribution in [0.3, 0.4) is 0 Å². The second-order valence-electron chi connectivity index (χ2n) is 4.40. The molecule has 23 heavy (non-hydrogen) atoms. The number of carboxylic acid groups (broad SMARTS) is 2. The highest BCUT2D eigenvalue weighted by Crippen LogP contribution is 1.97. The Labute approximate surface area is 136 Å². The molecule has 3 unspecified atom stereocenters. The summed E-state index contributed by atoms with van der Waals surface area (Å²) in [5, 5.41) is 32.8. The fourth-order valence-electron chi connectivity index (χ4n) is 0.704. The molecule has 0 aromatic carbocycles. The van der Waals surface area contributed by atoms with Crippen molar-refractivity contribution in [3.8, 4) is 0 Å². The maximum Gasteiger partial charge on any atom is 0.327 e. The molecule has 136 valence electrons. The van der Waals surface area contributed by atoms with Gasteiger partial charge >= 0.3 is 11.9 Å². The first-order chi connectivity index (χ1) is 10.6. The van der Waals surface area contributed by atoms with Crippen LogP contribution < -0.4 is 0 Å². The molecule has 0 bridgehead atoms. The molecule has 0 aromatic heterocycles. The molecule has 0 radical (unpaired) electrons. The van der Waals surface area contributed by atoms with Crippen LogP contribution in [-0.4, -0.2) is 70.5 Å². The van der Waals surface area contributed by atoms with Gasteiger partial charge in [-0.25, -0.2) is 9.59 Å². The first-order valence-electron chi connectivity index (χ1n) is 6.83. The monoisotopic (exact) mass is 336 g/mol. The van der Waals surface area contributed by atoms with Gasteiger partial charge in [-0.2, -0.15) is 0 Å². The SMILES string of the molecule is C=CC(=O)O.C=CC(=O)O.CC(O)COC(C)COC(C)CO. The molecule has 3 atom stereocenters. The number of carbonyl (C=O) groups is 2. The summed E-state index contributed by atoms with van der Waals surface area (Å²) in [5.74, 6) is -1.96. The minimum absolute atomic E-state index is 0.0170. The minimum Gasteiger partial charge on any atom is -0.478 e. The van der Waals surface area contributed by atoms with Crippen molar-refractivity contribution in [3.05, 3.63) is 25.3 Å². The van der Waals surface area contributed by atoms with Crippen LogP contribution in [0.4, 0.5) is 0 Å². The van der Waals surface area contributed by atoms with E-state index >= 15 is 0 Å². The van der Waals surface area contributed by atoms with Gasteiger partial charge in [-0.15, -0.1) is 0 Å². The van der Waals surface area contributed by atoms with Gasteiger partial charge < -0.3 is 29.9 Å². The lowest BCUT2D eigenvalue weighted by atomic mass is 10.4. The van der Waals surface area contributed by atoms with E-state index in [0.29, 0.717) is 13.2 Å². The normalized spacial score (nSPS) is 13.1. The molecule has 0 aromatic rings. The van der Waals surface area contributed by atoms with Crippen LogP contribution in [-0.2, 0) is 19.1 Å². The smallest absolute Gasteiger partial charge is 0.327 e. The van der Waals surface area contributed by atoms with Crippen LogP contribution in [0.15, 0.2) is 25.3 Å². The van der Waals surface area contributed by atoms with Crippen molar-refractivity contribution in [1.82, 2.24) is 0 Å². The van der Waals surface area contributed by atoms with E-state index in [-0.39, 0.29) is 18.8 Å². The van der Waals surface area contributed by atoms with E-state index < -0.39 is 18.0 Å². The first kappa shape index (κ1) is 26.2. The number of hydrogen-bond donors (Lipinski definition) is 4. The van der Waals surface area contributed by atoms with E-state index in [2.05, 4.69) is 13.2 Å². The Morgan fingerprint density at radius 2 is 1.30 bits per heavy atom. The number of hydrogen-bond acceptors (Lipinski definition) is 6. The Kier molecular flexibility index (Phi) is 20.8. The van der Waals surface area contributed by atoms with Crippen molar-refractivity contribution in [2.45, 2.75) is 39.1 Å². The predicted molar refractivity (Wildman–Crippen MR) is 85.3 cm³/mol. The van der Waals surface area contributed by atoms with Crippen LogP contribution in [0.2, 0.25) is 0 Å². The maximum atomic E-state index is 9.25. The molecular formula is C15H28O8. The van der Waals surface area contributed by atoms with E-state index in [9.17, 15) is 9.59 Å². The number of aliphatic carboxylic acids is 2. The maximum absolute atomic E-state index is 9.25. The third-order valence-corrected chi connectivity index (χ3v) is 1.84. The molecule has 0 aliphatic rings. The zero-order valence-corrected chi connectivity index (χ0v) is 13.8. The van der Waals surface area contributed by atoms with Gasteiger partial charge in [-0.1, -0.05) is 13.2 Å². The topological polar surface area (TPSA) is 134 Å². The van der Waals surface area contributed by atoms with E-state index in [1.54, 1.807) is 13.8 Å². The zero-order chi connectivity index (χ0) is 18.8. The predicted octanol–water partition coefficient (Wildman–Crippen LogP) is 0.684. The second kappa shape index (κ2) is 18.3. The standard InChI is InChI=1S/C9H20O4.2C3H4O2/c1-7(11)5-12-9(3)6-13-8(2)4-10;2*1-2-3(4)5/h7-11H,4-6H2,1-3H3;2*2H,1H2,(H,4,5). The lowest BCUT2D eigenvalue weighted by Gasteiger charge is -2.16. The summed E-state index contributed by atoms with van der Waals surface area (Å²) in [6.07, 6.45) is 1.01. The lowest BCUT2D eigenvalue weighted by Crippen LogP contribution is -2.24. The van der Waals surface area contributed by atoms with E-state index in [1.807, 2.05) is 6.92 Å². The van der Waals surface area contributed by atoms with Gasteiger partial charge in [0.05, 0.1) is 38.1 Å². The Morgan fingerprint density at radius 1 is 0.957 bits per heavy atom. The molecule has 0 saturated carbocycles. The van der Waals surface area contributed by atoms with Gasteiger partial charge in [-0.3, -0.25) is 0 Å². The Balaban J connectivity index is -0.000000329. The van der Waals surface area contributed by atoms with E-state index in [1.165, 1.54) is 0 Å². The Hall–Kier alpha value is -1.74. The largest absolute Gasteiger partial charge is 0.478 e. The van der Waals surface area contributed by atoms with Crippen LogP contribution in [0.5, 0.6) is 0 Å². The Morgan fingerprint density at radius 3 is 1.57 bits per heavy atom. The van der Waals surface area contributed by atoms with Gasteiger partial charge in [0, 0.05) is 12.2 Å². The molecule has 0 saturated heterocycles. The summed E-state index contributed by atoms with van der Waals surface area (Å²) in [6.45, 7) is 12.0. The number of rotatable bonds is 9. The fraction of sp³-hybridized carbons (Fsp3) is 0.600. The fourth-order valence-corrected chi connectivity index (χ4v) is 0.704. The van der Waals surface area contributed by atoms with Crippen LogP contribution in [0, 0.1) is 0 Å². The second-order valence-corrected chi connectivity index (χ2v) is 4.40. The van der Waals surface area contributed by atoms with Crippen LogP contribution in [0.1, 0.15) is 20.8 Å². The summed E-state index contributed by atoms with van der Waals surface area (Å²) in [4.78, 5) is 18.5. The van der Waals surface area contributed by atoms with Crippen molar-refractivity contribution in [1.29, 1.82) is 0 Å². The van der Waals surface area contributed by atoms with Gasteiger partial charge in [0.15, 0.2) is 0 Å². The molecule has 0 aliphatic heterocycles. The van der Waals surface area contributed by atoms with Crippen molar-refractivity contribution in [2.24, 2.45) is 0 Å². The van der Waals surface area contributed by atoms with Crippen molar-refractivity contribution < 1.29 is 39.5 Å². The van der Waals surface area contributed by atoms with Crippen molar-refractivity contribution in [2.75, 3.05) is 19.8 Å². The van der Waals surface area contributed by atoms with Crippen molar-refractivity contribution >= 4 is 11.9 Å². The number of aliphatic hydroxyl groups is 2. The quantitative estimate of drug-likeness (QED) is 0.452. The third-order valence-electron chi connectivity index (χ3n) is 1.84. The molecule has 4 N–H and O–H groups in total. The average Bonchev–Trinajstić information content (AvgIpc) is 2.51. The zero-order valence-electron chi connectivity index (χ0n) is 13.8.